The molecule has 0 N–H and O–H groups in total. The lowest BCUT2D eigenvalue weighted by atomic mass is 10.1. The second-order valence-electron chi connectivity index (χ2n) is 5.31. The molecule has 1 aliphatic heterocycles. The Balaban J connectivity index is 2.14. The van der Waals surface area contributed by atoms with Crippen LogP contribution < -0.4 is 0 Å². The number of carbonyl (C=O) groups is 1. The van der Waals surface area contributed by atoms with E-state index in [1.165, 1.54) is 12.3 Å². The number of likely N-dealkylation sites (tertiary alicyclic amines) is 1. The Morgan fingerprint density at radius 1 is 1.35 bits per heavy atom. The van der Waals surface area contributed by atoms with E-state index in [0.717, 1.165) is 45.5 Å². The summed E-state index contributed by atoms with van der Waals surface area (Å²) in [5.74, 6) is 0.0320. The van der Waals surface area contributed by atoms with Gasteiger partial charge in [-0.3, -0.25) is 4.79 Å². The average Bonchev–Trinajstić information content (AvgIpc) is 2.44. The first-order valence-electron chi connectivity index (χ1n) is 7.47. The summed E-state index contributed by atoms with van der Waals surface area (Å²) in [7, 11) is 4.14. The maximum Gasteiger partial charge on any atom is 0.249 e. The molecule has 0 atom stereocenters. The second-order valence-corrected chi connectivity index (χ2v) is 5.31. The first-order valence-corrected chi connectivity index (χ1v) is 7.47. The van der Waals surface area contributed by atoms with Crippen LogP contribution in [-0.2, 0) is 14.3 Å². The second kappa shape index (κ2) is 9.77. The molecule has 0 unspecified atom stereocenters. The lowest BCUT2D eigenvalue weighted by Gasteiger charge is -2.31. The number of carbonyl (C=O) groups excluding carboxylic acids is 1. The smallest absolute Gasteiger partial charge is 0.249 e. The van der Waals surface area contributed by atoms with Crippen molar-refractivity contribution < 1.29 is 14.3 Å². The van der Waals surface area contributed by atoms with Crippen molar-refractivity contribution in [3.05, 3.63) is 12.3 Å². The standard InChI is InChI=1S/C15H28N2O3/c1-4-19-13-8-15(18)17-10-6-14(7-11-17)20-12-5-9-16(2)3/h8,13-14H,4-7,9-12H2,1-3H3/b13-8+. The van der Waals surface area contributed by atoms with Gasteiger partial charge >= 0.3 is 0 Å². The molecule has 0 bridgehead atoms. The molecule has 0 aliphatic carbocycles. The summed E-state index contributed by atoms with van der Waals surface area (Å²) in [6.45, 7) is 5.89. The first kappa shape index (κ1) is 17.0. The maximum absolute atomic E-state index is 11.8. The third-order valence-electron chi connectivity index (χ3n) is 3.33. The molecular weight excluding hydrogens is 256 g/mol. The van der Waals surface area contributed by atoms with Gasteiger partial charge in [-0.05, 0) is 46.8 Å². The van der Waals surface area contributed by atoms with E-state index in [2.05, 4.69) is 19.0 Å². The minimum Gasteiger partial charge on any atom is -0.501 e. The van der Waals surface area contributed by atoms with E-state index >= 15 is 0 Å². The fourth-order valence-electron chi connectivity index (χ4n) is 2.18. The van der Waals surface area contributed by atoms with E-state index in [9.17, 15) is 4.79 Å². The van der Waals surface area contributed by atoms with Crippen LogP contribution in [0.25, 0.3) is 0 Å². The van der Waals surface area contributed by atoms with Gasteiger partial charge in [0, 0.05) is 25.8 Å². The summed E-state index contributed by atoms with van der Waals surface area (Å²) >= 11 is 0. The molecule has 5 nitrogen and oxygen atoms in total. The van der Waals surface area contributed by atoms with Crippen LogP contribution in [0.2, 0.25) is 0 Å². The van der Waals surface area contributed by atoms with Gasteiger partial charge < -0.3 is 19.3 Å². The molecule has 1 rings (SSSR count). The lowest BCUT2D eigenvalue weighted by molar-refractivity contribution is -0.128. The monoisotopic (exact) mass is 284 g/mol. The highest BCUT2D eigenvalue weighted by Gasteiger charge is 2.21. The maximum atomic E-state index is 11.8. The number of amides is 1. The topological polar surface area (TPSA) is 42.0 Å². The van der Waals surface area contributed by atoms with Crippen molar-refractivity contribution in [2.45, 2.75) is 32.3 Å². The van der Waals surface area contributed by atoms with E-state index in [4.69, 9.17) is 9.47 Å². The van der Waals surface area contributed by atoms with Gasteiger partial charge in [0.2, 0.25) is 5.91 Å². The van der Waals surface area contributed by atoms with Crippen LogP contribution in [0, 0.1) is 0 Å². The summed E-state index contributed by atoms with van der Waals surface area (Å²) < 4.78 is 10.9. The summed E-state index contributed by atoms with van der Waals surface area (Å²) in [6.07, 6.45) is 6.20. The van der Waals surface area contributed by atoms with Crippen molar-refractivity contribution in [3.63, 3.8) is 0 Å². The first-order chi connectivity index (χ1) is 9.63. The Bertz CT molecular complexity index is 297. The molecule has 0 aromatic heterocycles. The molecule has 0 spiro atoms. The number of piperidine rings is 1. The average molecular weight is 284 g/mol. The van der Waals surface area contributed by atoms with Crippen molar-refractivity contribution in [1.29, 1.82) is 0 Å². The van der Waals surface area contributed by atoms with E-state index in [-0.39, 0.29) is 5.91 Å². The minimum absolute atomic E-state index is 0.0320. The Hall–Kier alpha value is -1.07. The zero-order valence-electron chi connectivity index (χ0n) is 13.0. The molecule has 1 aliphatic rings. The largest absolute Gasteiger partial charge is 0.501 e. The van der Waals surface area contributed by atoms with E-state index in [0.29, 0.717) is 12.7 Å². The quantitative estimate of drug-likeness (QED) is 0.385. The number of nitrogens with zero attached hydrogens (tertiary/aromatic N) is 2. The molecule has 1 fully saturated rings. The van der Waals surface area contributed by atoms with Gasteiger partial charge in [0.25, 0.3) is 0 Å². The Kier molecular flexibility index (Phi) is 8.30. The summed E-state index contributed by atoms with van der Waals surface area (Å²) in [4.78, 5) is 15.8. The highest BCUT2D eigenvalue weighted by Crippen LogP contribution is 2.14. The SMILES string of the molecule is CCO/C=C/C(=O)N1CCC(OCCCN(C)C)CC1. The highest BCUT2D eigenvalue weighted by molar-refractivity contribution is 5.87. The van der Waals surface area contributed by atoms with Gasteiger partial charge in [-0.2, -0.15) is 0 Å². The predicted octanol–water partition coefficient (Wildman–Crippen LogP) is 1.50. The molecule has 1 saturated heterocycles. The highest BCUT2D eigenvalue weighted by atomic mass is 16.5. The summed E-state index contributed by atoms with van der Waals surface area (Å²) in [5.41, 5.74) is 0. The molecule has 0 aromatic carbocycles. The zero-order valence-corrected chi connectivity index (χ0v) is 13.0. The minimum atomic E-state index is 0.0320. The van der Waals surface area contributed by atoms with Crippen molar-refractivity contribution >= 4 is 5.91 Å². The van der Waals surface area contributed by atoms with Crippen LogP contribution >= 0.6 is 0 Å². The van der Waals surface area contributed by atoms with Crippen LogP contribution in [-0.4, -0.2) is 68.8 Å². The summed E-state index contributed by atoms with van der Waals surface area (Å²) in [6, 6.07) is 0. The normalized spacial score (nSPS) is 17.1. The molecule has 0 saturated carbocycles. The number of hydrogen-bond acceptors (Lipinski definition) is 4. The fourth-order valence-corrected chi connectivity index (χ4v) is 2.18. The van der Waals surface area contributed by atoms with Crippen LogP contribution in [0.5, 0.6) is 0 Å². The van der Waals surface area contributed by atoms with E-state index in [1.807, 2.05) is 11.8 Å². The van der Waals surface area contributed by atoms with Crippen molar-refractivity contribution in [2.75, 3.05) is 46.9 Å². The molecule has 0 radical (unpaired) electrons. The Morgan fingerprint density at radius 3 is 2.65 bits per heavy atom. The molecule has 5 heteroatoms. The van der Waals surface area contributed by atoms with Gasteiger partial charge in [0.15, 0.2) is 0 Å². The van der Waals surface area contributed by atoms with Crippen LogP contribution in [0.3, 0.4) is 0 Å². The molecular formula is C15H28N2O3. The molecule has 0 aromatic rings. The Labute approximate surface area is 122 Å². The van der Waals surface area contributed by atoms with Gasteiger partial charge in [-0.25, -0.2) is 0 Å². The van der Waals surface area contributed by atoms with Gasteiger partial charge in [0.05, 0.1) is 19.0 Å². The van der Waals surface area contributed by atoms with E-state index < -0.39 is 0 Å². The molecule has 20 heavy (non-hydrogen) atoms. The fraction of sp³-hybridized carbons (Fsp3) is 0.800. The van der Waals surface area contributed by atoms with Crippen molar-refractivity contribution in [1.82, 2.24) is 9.80 Å². The molecule has 1 heterocycles. The summed E-state index contributed by atoms with van der Waals surface area (Å²) in [5, 5.41) is 0. The van der Waals surface area contributed by atoms with Crippen molar-refractivity contribution in [2.24, 2.45) is 0 Å². The van der Waals surface area contributed by atoms with Gasteiger partial charge in [-0.1, -0.05) is 0 Å². The van der Waals surface area contributed by atoms with Crippen LogP contribution in [0.4, 0.5) is 0 Å². The number of rotatable bonds is 8. The van der Waals surface area contributed by atoms with Gasteiger partial charge in [0.1, 0.15) is 0 Å². The molecule has 116 valence electrons. The third-order valence-corrected chi connectivity index (χ3v) is 3.33. The number of hydrogen-bond donors (Lipinski definition) is 0. The molecule has 1 amide bonds. The number of ether oxygens (including phenoxy) is 2. The van der Waals surface area contributed by atoms with E-state index in [1.54, 1.807) is 0 Å². The Morgan fingerprint density at radius 2 is 2.05 bits per heavy atom. The third kappa shape index (κ3) is 6.91. The zero-order chi connectivity index (χ0) is 14.8. The van der Waals surface area contributed by atoms with Gasteiger partial charge in [-0.15, -0.1) is 0 Å². The predicted molar refractivity (Wildman–Crippen MR) is 79.5 cm³/mol. The lowest BCUT2D eigenvalue weighted by Crippen LogP contribution is -2.40. The van der Waals surface area contributed by atoms with Crippen LogP contribution in [0.1, 0.15) is 26.2 Å². The van der Waals surface area contributed by atoms with Crippen LogP contribution in [0.15, 0.2) is 12.3 Å². The van der Waals surface area contributed by atoms with Crippen molar-refractivity contribution in [3.8, 4) is 0 Å².